The molecule has 1 aliphatic carbocycles. The van der Waals surface area contributed by atoms with Crippen LogP contribution in [-0.4, -0.2) is 43.2 Å². The van der Waals surface area contributed by atoms with E-state index in [0.29, 0.717) is 6.54 Å². The molecule has 1 saturated carbocycles. The van der Waals surface area contributed by atoms with Crippen LogP contribution in [0.3, 0.4) is 0 Å². The molecule has 1 heterocycles. The standard InChI is InChI=1S/C12H23N3O2S2/c1-11(2,15-19(3,16)17)8-13-10-14-12(9-18-10)6-4-5-7-12/h15H,4-9H2,1-3H3,(H,13,14). The SMILES string of the molecule is CC(C)(CN=C1NC2(CCCC2)CS1)NS(C)(=O)=O. The van der Waals surface area contributed by atoms with Gasteiger partial charge in [0.2, 0.25) is 10.0 Å². The fourth-order valence-electron chi connectivity index (χ4n) is 2.72. The highest BCUT2D eigenvalue weighted by Crippen LogP contribution is 2.37. The molecule has 0 aromatic rings. The summed E-state index contributed by atoms with van der Waals surface area (Å²) in [4.78, 5) is 4.54. The number of sulfonamides is 1. The number of hydrogen-bond acceptors (Lipinski definition) is 4. The monoisotopic (exact) mass is 305 g/mol. The molecule has 2 aliphatic rings. The van der Waals surface area contributed by atoms with Gasteiger partial charge in [0.25, 0.3) is 0 Å². The van der Waals surface area contributed by atoms with Gasteiger partial charge in [-0.3, -0.25) is 4.99 Å². The predicted molar refractivity (Wildman–Crippen MR) is 81.2 cm³/mol. The van der Waals surface area contributed by atoms with Crippen molar-refractivity contribution in [2.75, 3.05) is 18.6 Å². The zero-order valence-electron chi connectivity index (χ0n) is 11.8. The highest BCUT2D eigenvalue weighted by Gasteiger charge is 2.39. The lowest BCUT2D eigenvalue weighted by Crippen LogP contribution is -2.46. The van der Waals surface area contributed by atoms with E-state index in [1.807, 2.05) is 13.8 Å². The van der Waals surface area contributed by atoms with Crippen LogP contribution >= 0.6 is 11.8 Å². The summed E-state index contributed by atoms with van der Waals surface area (Å²) in [5, 5.41) is 4.50. The Kier molecular flexibility index (Phi) is 4.18. The van der Waals surface area contributed by atoms with E-state index in [0.717, 1.165) is 10.9 Å². The number of hydrogen-bond donors (Lipinski definition) is 2. The van der Waals surface area contributed by atoms with E-state index in [-0.39, 0.29) is 5.54 Å². The molecule has 110 valence electrons. The van der Waals surface area contributed by atoms with Gasteiger partial charge >= 0.3 is 0 Å². The minimum atomic E-state index is -3.20. The van der Waals surface area contributed by atoms with E-state index in [9.17, 15) is 8.42 Å². The molecule has 0 aromatic carbocycles. The second-order valence-electron chi connectivity index (χ2n) is 6.28. The van der Waals surface area contributed by atoms with Gasteiger partial charge < -0.3 is 5.32 Å². The molecule has 0 amide bonds. The van der Waals surface area contributed by atoms with Crippen molar-refractivity contribution in [3.8, 4) is 0 Å². The van der Waals surface area contributed by atoms with Gasteiger partial charge in [-0.25, -0.2) is 13.1 Å². The highest BCUT2D eigenvalue weighted by molar-refractivity contribution is 8.14. The van der Waals surface area contributed by atoms with Crippen LogP contribution in [0.1, 0.15) is 39.5 Å². The van der Waals surface area contributed by atoms with Crippen LogP contribution in [0, 0.1) is 0 Å². The quantitative estimate of drug-likeness (QED) is 0.822. The largest absolute Gasteiger partial charge is 0.359 e. The second-order valence-corrected chi connectivity index (χ2v) is 8.99. The maximum absolute atomic E-state index is 11.3. The van der Waals surface area contributed by atoms with E-state index in [1.165, 1.54) is 31.9 Å². The maximum atomic E-state index is 11.3. The Morgan fingerprint density at radius 2 is 2.05 bits per heavy atom. The zero-order valence-corrected chi connectivity index (χ0v) is 13.5. The molecular weight excluding hydrogens is 282 g/mol. The number of amidine groups is 1. The molecule has 1 spiro atoms. The third kappa shape index (κ3) is 4.36. The number of thioether (sulfide) groups is 1. The van der Waals surface area contributed by atoms with Crippen molar-refractivity contribution >= 4 is 27.0 Å². The highest BCUT2D eigenvalue weighted by atomic mass is 32.2. The van der Waals surface area contributed by atoms with Crippen LogP contribution in [-0.2, 0) is 10.0 Å². The molecular formula is C12H23N3O2S2. The Morgan fingerprint density at radius 3 is 2.63 bits per heavy atom. The molecule has 0 radical (unpaired) electrons. The number of rotatable bonds is 4. The third-order valence-electron chi connectivity index (χ3n) is 3.50. The summed E-state index contributed by atoms with van der Waals surface area (Å²) in [7, 11) is -3.20. The summed E-state index contributed by atoms with van der Waals surface area (Å²) in [6, 6.07) is 0. The van der Waals surface area contributed by atoms with Crippen LogP contribution < -0.4 is 10.0 Å². The fraction of sp³-hybridized carbons (Fsp3) is 0.917. The van der Waals surface area contributed by atoms with Crippen molar-refractivity contribution in [3.05, 3.63) is 0 Å². The van der Waals surface area contributed by atoms with E-state index in [4.69, 9.17) is 0 Å². The summed E-state index contributed by atoms with van der Waals surface area (Å²) in [5.41, 5.74) is -0.286. The summed E-state index contributed by atoms with van der Waals surface area (Å²) in [6.45, 7) is 4.15. The molecule has 1 saturated heterocycles. The molecule has 2 N–H and O–H groups in total. The lowest BCUT2D eigenvalue weighted by atomic mass is 10.0. The van der Waals surface area contributed by atoms with E-state index >= 15 is 0 Å². The molecule has 2 fully saturated rings. The number of aliphatic imine (C=N–C) groups is 1. The van der Waals surface area contributed by atoms with Gasteiger partial charge in [-0.2, -0.15) is 0 Å². The Balaban J connectivity index is 1.93. The van der Waals surface area contributed by atoms with Gasteiger partial charge in [-0.15, -0.1) is 0 Å². The van der Waals surface area contributed by atoms with Crippen LogP contribution in [0.5, 0.6) is 0 Å². The normalized spacial score (nSPS) is 25.1. The zero-order chi connectivity index (χ0) is 14.1. The molecule has 7 heteroatoms. The first kappa shape index (κ1) is 15.1. The van der Waals surface area contributed by atoms with Crippen LogP contribution in [0.15, 0.2) is 4.99 Å². The van der Waals surface area contributed by atoms with Crippen LogP contribution in [0.25, 0.3) is 0 Å². The second kappa shape index (κ2) is 5.26. The van der Waals surface area contributed by atoms with Crippen molar-refractivity contribution in [1.82, 2.24) is 10.0 Å². The van der Waals surface area contributed by atoms with Gasteiger partial charge in [-0.1, -0.05) is 24.6 Å². The van der Waals surface area contributed by atoms with E-state index in [1.54, 1.807) is 11.8 Å². The van der Waals surface area contributed by atoms with Crippen molar-refractivity contribution in [1.29, 1.82) is 0 Å². The van der Waals surface area contributed by atoms with Gasteiger partial charge in [0.05, 0.1) is 12.8 Å². The molecule has 0 aromatic heterocycles. The van der Waals surface area contributed by atoms with E-state index < -0.39 is 15.6 Å². The summed E-state index contributed by atoms with van der Waals surface area (Å²) in [5.74, 6) is 1.09. The molecule has 0 unspecified atom stereocenters. The van der Waals surface area contributed by atoms with Gasteiger partial charge in [0.15, 0.2) is 5.17 Å². The topological polar surface area (TPSA) is 70.6 Å². The summed E-state index contributed by atoms with van der Waals surface area (Å²) in [6.07, 6.45) is 6.22. The first-order chi connectivity index (χ1) is 8.70. The van der Waals surface area contributed by atoms with Crippen molar-refractivity contribution in [2.24, 2.45) is 4.99 Å². The minimum absolute atomic E-state index is 0.262. The van der Waals surface area contributed by atoms with E-state index in [2.05, 4.69) is 15.0 Å². The molecule has 5 nitrogen and oxygen atoms in total. The lowest BCUT2D eigenvalue weighted by molar-refractivity contribution is 0.446. The van der Waals surface area contributed by atoms with Crippen LogP contribution in [0.2, 0.25) is 0 Å². The lowest BCUT2D eigenvalue weighted by Gasteiger charge is -2.24. The molecule has 0 atom stereocenters. The Hall–Kier alpha value is -0.270. The van der Waals surface area contributed by atoms with Gasteiger partial charge in [-0.05, 0) is 26.7 Å². The molecule has 1 aliphatic heterocycles. The maximum Gasteiger partial charge on any atom is 0.209 e. The van der Waals surface area contributed by atoms with Gasteiger partial charge in [0, 0.05) is 16.8 Å². The third-order valence-corrected chi connectivity index (χ3v) is 5.62. The van der Waals surface area contributed by atoms with Crippen LogP contribution in [0.4, 0.5) is 0 Å². The number of nitrogens with zero attached hydrogens (tertiary/aromatic N) is 1. The van der Waals surface area contributed by atoms with Gasteiger partial charge in [0.1, 0.15) is 0 Å². The number of nitrogens with one attached hydrogen (secondary N) is 2. The molecule has 0 bridgehead atoms. The fourth-order valence-corrected chi connectivity index (χ4v) is 5.00. The predicted octanol–water partition coefficient (Wildman–Crippen LogP) is 1.32. The average Bonchev–Trinajstić information content (AvgIpc) is 2.84. The summed E-state index contributed by atoms with van der Waals surface area (Å²) < 4.78 is 25.1. The first-order valence-corrected chi connectivity index (χ1v) is 9.52. The first-order valence-electron chi connectivity index (χ1n) is 6.64. The van der Waals surface area contributed by atoms with Crippen molar-refractivity contribution < 1.29 is 8.42 Å². The summed E-state index contributed by atoms with van der Waals surface area (Å²) >= 11 is 1.76. The molecule has 19 heavy (non-hydrogen) atoms. The molecule has 2 rings (SSSR count). The Morgan fingerprint density at radius 1 is 1.42 bits per heavy atom. The average molecular weight is 305 g/mol. The minimum Gasteiger partial charge on any atom is -0.359 e. The van der Waals surface area contributed by atoms with Crippen molar-refractivity contribution in [2.45, 2.75) is 50.6 Å². The Bertz CT molecular complexity index is 465. The Labute approximate surface area is 120 Å². The van der Waals surface area contributed by atoms with Crippen molar-refractivity contribution in [3.63, 3.8) is 0 Å². The smallest absolute Gasteiger partial charge is 0.209 e.